The average molecular weight is 323 g/mol. The molecular formula is C18H14FN3O2. The Morgan fingerprint density at radius 3 is 2.67 bits per heavy atom. The number of nitrogens with zero attached hydrogens (tertiary/aromatic N) is 2. The zero-order valence-corrected chi connectivity index (χ0v) is 13.1. The lowest BCUT2D eigenvalue weighted by atomic mass is 10.1. The van der Waals surface area contributed by atoms with Gasteiger partial charge in [0.05, 0.1) is 25.5 Å². The molecule has 0 amide bonds. The Labute approximate surface area is 138 Å². The number of aromatic nitrogens is 1. The van der Waals surface area contributed by atoms with Crippen LogP contribution >= 0.6 is 0 Å². The second-order valence-corrected chi connectivity index (χ2v) is 4.99. The molecule has 0 saturated heterocycles. The smallest absolute Gasteiger partial charge is 0.187 e. The van der Waals surface area contributed by atoms with Gasteiger partial charge in [0.25, 0.3) is 0 Å². The number of rotatable bonds is 4. The van der Waals surface area contributed by atoms with E-state index in [9.17, 15) is 9.65 Å². The van der Waals surface area contributed by atoms with Gasteiger partial charge in [-0.1, -0.05) is 6.07 Å². The fourth-order valence-corrected chi connectivity index (χ4v) is 2.51. The summed E-state index contributed by atoms with van der Waals surface area (Å²) in [6, 6.07) is 11.6. The zero-order chi connectivity index (χ0) is 17.1. The Kier molecular flexibility index (Phi) is 4.17. The van der Waals surface area contributed by atoms with Crippen molar-refractivity contribution in [3.8, 4) is 17.6 Å². The number of halogens is 1. The molecule has 1 aromatic heterocycles. The maximum Gasteiger partial charge on any atom is 0.187 e. The molecule has 0 saturated carbocycles. The third-order valence-electron chi connectivity index (χ3n) is 3.60. The molecule has 0 spiro atoms. The molecule has 5 nitrogen and oxygen atoms in total. The van der Waals surface area contributed by atoms with Gasteiger partial charge in [-0.3, -0.25) is 4.98 Å². The number of fused-ring (bicyclic) bond motifs is 1. The van der Waals surface area contributed by atoms with E-state index in [-0.39, 0.29) is 5.82 Å². The molecule has 1 N–H and O–H groups in total. The highest BCUT2D eigenvalue weighted by atomic mass is 19.1. The maximum absolute atomic E-state index is 13.4. The van der Waals surface area contributed by atoms with Gasteiger partial charge >= 0.3 is 0 Å². The summed E-state index contributed by atoms with van der Waals surface area (Å²) < 4.78 is 24.1. The molecule has 0 aliphatic rings. The predicted molar refractivity (Wildman–Crippen MR) is 89.2 cm³/mol. The molecule has 0 aliphatic heterocycles. The molecule has 0 aliphatic carbocycles. The molecular weight excluding hydrogens is 309 g/mol. The van der Waals surface area contributed by atoms with Crippen LogP contribution in [0, 0.1) is 17.1 Å². The van der Waals surface area contributed by atoms with E-state index in [0.717, 1.165) is 0 Å². The first-order valence-corrected chi connectivity index (χ1v) is 7.14. The average Bonchev–Trinajstić information content (AvgIpc) is 2.60. The molecule has 120 valence electrons. The van der Waals surface area contributed by atoms with Crippen LogP contribution in [0.2, 0.25) is 0 Å². The quantitative estimate of drug-likeness (QED) is 0.786. The zero-order valence-electron chi connectivity index (χ0n) is 13.1. The summed E-state index contributed by atoms with van der Waals surface area (Å²) in [6.45, 7) is 0. The molecule has 0 radical (unpaired) electrons. The normalized spacial score (nSPS) is 10.2. The number of anilines is 2. The molecule has 0 fully saturated rings. The lowest BCUT2D eigenvalue weighted by Gasteiger charge is -2.15. The molecule has 1 heterocycles. The van der Waals surface area contributed by atoms with Crippen molar-refractivity contribution in [1.29, 1.82) is 5.26 Å². The van der Waals surface area contributed by atoms with Crippen molar-refractivity contribution in [2.75, 3.05) is 19.5 Å². The van der Waals surface area contributed by atoms with Crippen LogP contribution in [-0.4, -0.2) is 19.2 Å². The van der Waals surface area contributed by atoms with Crippen molar-refractivity contribution in [1.82, 2.24) is 4.98 Å². The van der Waals surface area contributed by atoms with Gasteiger partial charge in [-0.05, 0) is 30.3 Å². The maximum atomic E-state index is 13.4. The van der Waals surface area contributed by atoms with Gasteiger partial charge in [-0.15, -0.1) is 0 Å². The van der Waals surface area contributed by atoms with Crippen molar-refractivity contribution < 1.29 is 13.9 Å². The van der Waals surface area contributed by atoms with Crippen molar-refractivity contribution in [3.63, 3.8) is 0 Å². The molecule has 0 atom stereocenters. The van der Waals surface area contributed by atoms with Gasteiger partial charge in [0.1, 0.15) is 17.4 Å². The van der Waals surface area contributed by atoms with E-state index in [0.29, 0.717) is 39.3 Å². The van der Waals surface area contributed by atoms with Crippen molar-refractivity contribution in [3.05, 3.63) is 54.0 Å². The van der Waals surface area contributed by atoms with E-state index in [1.807, 2.05) is 0 Å². The van der Waals surface area contributed by atoms with Crippen LogP contribution in [-0.2, 0) is 0 Å². The molecule has 0 unspecified atom stereocenters. The van der Waals surface area contributed by atoms with Gasteiger partial charge in [0.15, 0.2) is 11.5 Å². The van der Waals surface area contributed by atoms with E-state index in [4.69, 9.17) is 9.47 Å². The number of ether oxygens (including phenoxy) is 2. The summed E-state index contributed by atoms with van der Waals surface area (Å²) in [5.41, 5.74) is 1.97. The Morgan fingerprint density at radius 1 is 1.17 bits per heavy atom. The van der Waals surface area contributed by atoms with Gasteiger partial charge in [-0.2, -0.15) is 5.26 Å². The van der Waals surface area contributed by atoms with E-state index >= 15 is 0 Å². The van der Waals surface area contributed by atoms with Crippen molar-refractivity contribution in [2.24, 2.45) is 0 Å². The first-order valence-electron chi connectivity index (χ1n) is 7.14. The number of pyridine rings is 1. The molecule has 3 rings (SSSR count). The third-order valence-corrected chi connectivity index (χ3v) is 3.60. The van der Waals surface area contributed by atoms with Crippen LogP contribution in [0.1, 0.15) is 5.56 Å². The van der Waals surface area contributed by atoms with E-state index in [1.165, 1.54) is 25.4 Å². The summed E-state index contributed by atoms with van der Waals surface area (Å²) in [4.78, 5) is 4.31. The minimum atomic E-state index is -0.365. The minimum absolute atomic E-state index is 0.346. The topological polar surface area (TPSA) is 67.2 Å². The lowest BCUT2D eigenvalue weighted by Crippen LogP contribution is -1.99. The minimum Gasteiger partial charge on any atom is -0.493 e. The first-order chi connectivity index (χ1) is 11.7. The van der Waals surface area contributed by atoms with Crippen molar-refractivity contribution >= 4 is 22.3 Å². The van der Waals surface area contributed by atoms with Crippen LogP contribution in [0.4, 0.5) is 15.8 Å². The number of nitrogens with one attached hydrogen (secondary N) is 1. The highest BCUT2D eigenvalue weighted by Gasteiger charge is 2.16. The molecule has 24 heavy (non-hydrogen) atoms. The van der Waals surface area contributed by atoms with E-state index < -0.39 is 0 Å². The monoisotopic (exact) mass is 323 g/mol. The molecule has 6 heteroatoms. The number of hydrogen-bond donors (Lipinski definition) is 1. The highest BCUT2D eigenvalue weighted by Crippen LogP contribution is 2.38. The number of benzene rings is 2. The Balaban J connectivity index is 2.23. The van der Waals surface area contributed by atoms with Gasteiger partial charge in [0.2, 0.25) is 0 Å². The first kappa shape index (κ1) is 15.6. The van der Waals surface area contributed by atoms with Crippen LogP contribution in [0.3, 0.4) is 0 Å². The number of methoxy groups -OCH3 is 2. The standard InChI is InChI=1S/C18H14FN3O2/c1-23-15-7-6-14-16(22-13-5-3-4-12(19)8-13)11(9-20)10-21-17(14)18(15)24-2/h3-8,10H,1-2H3,(H,21,22). The van der Waals surface area contributed by atoms with Crippen LogP contribution in [0.5, 0.6) is 11.5 Å². The van der Waals surface area contributed by atoms with Crippen LogP contribution in [0.25, 0.3) is 10.9 Å². The highest BCUT2D eigenvalue weighted by molar-refractivity contribution is 5.99. The SMILES string of the molecule is COc1ccc2c(Nc3cccc(F)c3)c(C#N)cnc2c1OC. The van der Waals surface area contributed by atoms with Crippen LogP contribution < -0.4 is 14.8 Å². The molecule has 3 aromatic rings. The second-order valence-electron chi connectivity index (χ2n) is 4.99. The summed E-state index contributed by atoms with van der Waals surface area (Å²) in [5.74, 6) is 0.650. The summed E-state index contributed by atoms with van der Waals surface area (Å²) in [7, 11) is 3.07. The van der Waals surface area contributed by atoms with E-state index in [2.05, 4.69) is 16.4 Å². The summed E-state index contributed by atoms with van der Waals surface area (Å²) in [6.07, 6.45) is 1.45. The number of nitriles is 1. The molecule has 2 aromatic carbocycles. The third kappa shape index (κ3) is 2.68. The Hall–Kier alpha value is -3.33. The van der Waals surface area contributed by atoms with E-state index in [1.54, 1.807) is 31.4 Å². The largest absolute Gasteiger partial charge is 0.493 e. The second kappa shape index (κ2) is 6.42. The van der Waals surface area contributed by atoms with Gasteiger partial charge < -0.3 is 14.8 Å². The fourth-order valence-electron chi connectivity index (χ4n) is 2.51. The number of hydrogen-bond acceptors (Lipinski definition) is 5. The summed E-state index contributed by atoms with van der Waals surface area (Å²) in [5, 5.41) is 13.2. The molecule has 0 bridgehead atoms. The Morgan fingerprint density at radius 2 is 2.00 bits per heavy atom. The fraction of sp³-hybridized carbons (Fsp3) is 0.111. The van der Waals surface area contributed by atoms with Crippen LogP contribution in [0.15, 0.2) is 42.6 Å². The predicted octanol–water partition coefficient (Wildman–Crippen LogP) is 4.01. The summed E-state index contributed by atoms with van der Waals surface area (Å²) >= 11 is 0. The van der Waals surface area contributed by atoms with Crippen molar-refractivity contribution in [2.45, 2.75) is 0 Å². The van der Waals surface area contributed by atoms with Gasteiger partial charge in [0, 0.05) is 17.3 Å². The Bertz CT molecular complexity index is 951. The van der Waals surface area contributed by atoms with Gasteiger partial charge in [-0.25, -0.2) is 4.39 Å². The lowest BCUT2D eigenvalue weighted by molar-refractivity contribution is 0.358.